The van der Waals surface area contributed by atoms with Crippen molar-refractivity contribution in [1.82, 2.24) is 0 Å². The molecular weight excluding hydrogens is 354 g/mol. The van der Waals surface area contributed by atoms with Gasteiger partial charge < -0.3 is 9.64 Å². The Balaban J connectivity index is 1.62. The normalized spacial score (nSPS) is 17.8. The molecule has 2 unspecified atom stereocenters. The van der Waals surface area contributed by atoms with Crippen LogP contribution in [0, 0.1) is 5.92 Å². The molecule has 1 aliphatic heterocycles. The van der Waals surface area contributed by atoms with Crippen LogP contribution in [0.15, 0.2) is 54.6 Å². The van der Waals surface area contributed by atoms with Gasteiger partial charge in [0.25, 0.3) is 0 Å². The second-order valence-corrected chi connectivity index (χ2v) is 6.63. The molecule has 0 aromatic heterocycles. The number of hydrogen-bond donors (Lipinski definition) is 0. The fourth-order valence-electron chi connectivity index (χ4n) is 2.90. The summed E-state index contributed by atoms with van der Waals surface area (Å²) >= 11 is 5.81. The quantitative estimate of drug-likeness (QED) is 0.596. The molecule has 1 amide bonds. The lowest BCUT2D eigenvalue weighted by atomic mass is 10.1. The van der Waals surface area contributed by atoms with Crippen LogP contribution in [0.5, 0.6) is 0 Å². The van der Waals surface area contributed by atoms with Gasteiger partial charge in [-0.1, -0.05) is 29.8 Å². The molecule has 134 valence electrons. The van der Waals surface area contributed by atoms with Gasteiger partial charge in [0.1, 0.15) is 0 Å². The zero-order valence-corrected chi connectivity index (χ0v) is 15.0. The molecule has 0 spiro atoms. The van der Waals surface area contributed by atoms with E-state index in [-0.39, 0.29) is 24.7 Å². The van der Waals surface area contributed by atoms with Crippen LogP contribution in [-0.4, -0.2) is 30.3 Å². The monoisotopic (exact) mass is 371 g/mol. The summed E-state index contributed by atoms with van der Waals surface area (Å²) in [6, 6.07) is 15.6. The highest BCUT2D eigenvalue weighted by atomic mass is 35.5. The van der Waals surface area contributed by atoms with Crippen LogP contribution in [0.4, 0.5) is 5.69 Å². The average Bonchev–Trinajstić information content (AvgIpc) is 3.04. The Bertz CT molecular complexity index is 819. The number of hydrogen-bond acceptors (Lipinski definition) is 4. The first kappa shape index (κ1) is 18.1. The molecule has 2 aromatic rings. The minimum Gasteiger partial charge on any atom is -0.454 e. The number of amides is 1. The maximum atomic E-state index is 12.4. The van der Waals surface area contributed by atoms with E-state index in [9.17, 15) is 14.4 Å². The summed E-state index contributed by atoms with van der Waals surface area (Å²) in [5.74, 6) is -1.55. The van der Waals surface area contributed by atoms with Crippen LogP contribution >= 0.6 is 11.6 Å². The number of esters is 1. The van der Waals surface area contributed by atoms with E-state index < -0.39 is 18.0 Å². The number of halogens is 1. The predicted octanol–water partition coefficient (Wildman–Crippen LogP) is 3.51. The Kier molecular flexibility index (Phi) is 5.38. The number of Topliss-reactive ketones (excluding diaryl/α,β-unsaturated/α-hetero) is 1. The number of ketones is 1. The second-order valence-electron chi connectivity index (χ2n) is 6.19. The van der Waals surface area contributed by atoms with Gasteiger partial charge in [-0.3, -0.25) is 14.4 Å². The molecule has 2 atom stereocenters. The van der Waals surface area contributed by atoms with Gasteiger partial charge in [-0.2, -0.15) is 0 Å². The summed E-state index contributed by atoms with van der Waals surface area (Å²) in [5.41, 5.74) is 1.17. The van der Waals surface area contributed by atoms with E-state index in [0.717, 1.165) is 5.69 Å². The smallest absolute Gasteiger partial charge is 0.312 e. The standard InChI is InChI=1S/C20H18ClNO4/c1-13(19(24)14-7-9-16(21)10-8-14)26-20(25)15-11-18(23)22(12-15)17-5-3-2-4-6-17/h2-10,13,15H,11-12H2,1H3. The van der Waals surface area contributed by atoms with Crippen molar-refractivity contribution in [3.8, 4) is 0 Å². The Labute approximate surface area is 156 Å². The largest absolute Gasteiger partial charge is 0.454 e. The van der Waals surface area contributed by atoms with Crippen molar-refractivity contribution in [3.05, 3.63) is 65.2 Å². The van der Waals surface area contributed by atoms with Crippen molar-refractivity contribution >= 4 is 34.9 Å². The summed E-state index contributed by atoms with van der Waals surface area (Å²) in [7, 11) is 0. The van der Waals surface area contributed by atoms with Crippen molar-refractivity contribution in [2.45, 2.75) is 19.4 Å². The number of carbonyl (C=O) groups excluding carboxylic acids is 3. The highest BCUT2D eigenvalue weighted by Gasteiger charge is 2.37. The lowest BCUT2D eigenvalue weighted by Crippen LogP contribution is -2.30. The van der Waals surface area contributed by atoms with Crippen LogP contribution in [0.25, 0.3) is 0 Å². The van der Waals surface area contributed by atoms with Crippen LogP contribution in [0.2, 0.25) is 5.02 Å². The second kappa shape index (κ2) is 7.70. The molecule has 5 nitrogen and oxygen atoms in total. The number of para-hydroxylation sites is 1. The predicted molar refractivity (Wildman–Crippen MR) is 98.2 cm³/mol. The topological polar surface area (TPSA) is 63.7 Å². The maximum Gasteiger partial charge on any atom is 0.312 e. The van der Waals surface area contributed by atoms with Crippen LogP contribution < -0.4 is 4.90 Å². The van der Waals surface area contributed by atoms with Crippen molar-refractivity contribution in [3.63, 3.8) is 0 Å². The van der Waals surface area contributed by atoms with Crippen LogP contribution in [-0.2, 0) is 14.3 Å². The highest BCUT2D eigenvalue weighted by Crippen LogP contribution is 2.26. The van der Waals surface area contributed by atoms with Crippen molar-refractivity contribution in [2.75, 3.05) is 11.4 Å². The summed E-state index contributed by atoms with van der Waals surface area (Å²) in [5, 5.41) is 0.525. The Morgan fingerprint density at radius 2 is 1.77 bits per heavy atom. The number of benzene rings is 2. The van der Waals surface area contributed by atoms with E-state index in [1.165, 1.54) is 6.92 Å². The van der Waals surface area contributed by atoms with Gasteiger partial charge in [0.15, 0.2) is 6.10 Å². The highest BCUT2D eigenvalue weighted by molar-refractivity contribution is 6.30. The number of nitrogens with zero attached hydrogens (tertiary/aromatic N) is 1. The minimum atomic E-state index is -0.926. The van der Waals surface area contributed by atoms with Gasteiger partial charge >= 0.3 is 5.97 Å². The van der Waals surface area contributed by atoms with E-state index in [1.54, 1.807) is 29.2 Å². The van der Waals surface area contributed by atoms with E-state index >= 15 is 0 Å². The molecule has 0 N–H and O–H groups in total. The third-order valence-corrected chi connectivity index (χ3v) is 4.57. The van der Waals surface area contributed by atoms with E-state index in [2.05, 4.69) is 0 Å². The summed E-state index contributed by atoms with van der Waals surface area (Å²) in [4.78, 5) is 38.5. The summed E-state index contributed by atoms with van der Waals surface area (Å²) in [6.07, 6.45) is -0.847. The number of ether oxygens (including phenoxy) is 1. The lowest BCUT2D eigenvalue weighted by molar-refractivity contribution is -0.151. The van der Waals surface area contributed by atoms with Crippen molar-refractivity contribution in [2.24, 2.45) is 5.92 Å². The first-order valence-electron chi connectivity index (χ1n) is 8.31. The molecule has 1 saturated heterocycles. The third kappa shape index (κ3) is 3.94. The van der Waals surface area contributed by atoms with Crippen LogP contribution in [0.1, 0.15) is 23.7 Å². The van der Waals surface area contributed by atoms with E-state index in [1.807, 2.05) is 30.3 Å². The van der Waals surface area contributed by atoms with Crippen molar-refractivity contribution < 1.29 is 19.1 Å². The first-order valence-corrected chi connectivity index (χ1v) is 8.69. The summed E-state index contributed by atoms with van der Waals surface area (Å²) < 4.78 is 5.31. The van der Waals surface area contributed by atoms with Gasteiger partial charge in [0, 0.05) is 29.2 Å². The molecule has 0 aliphatic carbocycles. The molecule has 1 fully saturated rings. The van der Waals surface area contributed by atoms with Crippen molar-refractivity contribution in [1.29, 1.82) is 0 Å². The zero-order valence-electron chi connectivity index (χ0n) is 14.2. The third-order valence-electron chi connectivity index (χ3n) is 4.32. The van der Waals surface area contributed by atoms with Gasteiger partial charge in [0.05, 0.1) is 5.92 Å². The molecule has 1 aliphatic rings. The van der Waals surface area contributed by atoms with E-state index in [0.29, 0.717) is 10.6 Å². The molecule has 2 aromatic carbocycles. The average molecular weight is 372 g/mol. The van der Waals surface area contributed by atoms with Gasteiger partial charge in [-0.25, -0.2) is 0 Å². The number of carbonyl (C=O) groups is 3. The van der Waals surface area contributed by atoms with Gasteiger partial charge in [-0.05, 0) is 43.3 Å². The van der Waals surface area contributed by atoms with Gasteiger partial charge in [0.2, 0.25) is 11.7 Å². The Hall–Kier alpha value is -2.66. The zero-order chi connectivity index (χ0) is 18.7. The Morgan fingerprint density at radius 3 is 2.42 bits per heavy atom. The molecule has 26 heavy (non-hydrogen) atoms. The fraction of sp³-hybridized carbons (Fsp3) is 0.250. The molecule has 0 bridgehead atoms. The SMILES string of the molecule is CC(OC(=O)C1CC(=O)N(c2ccccc2)C1)C(=O)c1ccc(Cl)cc1. The summed E-state index contributed by atoms with van der Waals surface area (Å²) in [6.45, 7) is 1.78. The van der Waals surface area contributed by atoms with Gasteiger partial charge in [-0.15, -0.1) is 0 Å². The minimum absolute atomic E-state index is 0.0790. The first-order chi connectivity index (χ1) is 12.5. The fourth-order valence-corrected chi connectivity index (χ4v) is 3.02. The molecular formula is C20H18ClNO4. The molecule has 3 rings (SSSR count). The molecule has 0 saturated carbocycles. The number of rotatable bonds is 5. The Morgan fingerprint density at radius 1 is 1.12 bits per heavy atom. The number of anilines is 1. The molecule has 0 radical (unpaired) electrons. The molecule has 6 heteroatoms. The molecule has 1 heterocycles. The van der Waals surface area contributed by atoms with Crippen LogP contribution in [0.3, 0.4) is 0 Å². The van der Waals surface area contributed by atoms with E-state index in [4.69, 9.17) is 16.3 Å². The lowest BCUT2D eigenvalue weighted by Gasteiger charge is -2.17. The maximum absolute atomic E-state index is 12.4.